The summed E-state index contributed by atoms with van der Waals surface area (Å²) < 4.78 is 6.59. The van der Waals surface area contributed by atoms with Gasteiger partial charge in [-0.05, 0) is 150 Å². The van der Waals surface area contributed by atoms with E-state index in [-0.39, 0.29) is 0 Å². The summed E-state index contributed by atoms with van der Waals surface area (Å²) >= 11 is 0. The first-order valence-corrected chi connectivity index (χ1v) is 23.7. The summed E-state index contributed by atoms with van der Waals surface area (Å²) in [6.45, 7) is 0. The van der Waals surface area contributed by atoms with Gasteiger partial charge < -0.3 is 4.42 Å². The van der Waals surface area contributed by atoms with Gasteiger partial charge in [-0.2, -0.15) is 0 Å². The Hall–Kier alpha value is -8.78. The van der Waals surface area contributed by atoms with E-state index in [4.69, 9.17) is 4.42 Å². The highest BCUT2D eigenvalue weighted by Crippen LogP contribution is 2.66. The molecular weight excluding hydrogens is 821 g/mol. The lowest BCUT2D eigenvalue weighted by molar-refractivity contribution is 0.672. The van der Waals surface area contributed by atoms with Crippen LogP contribution in [0.5, 0.6) is 0 Å². The number of benzene rings is 13. The zero-order chi connectivity index (χ0) is 44.2. The maximum Gasteiger partial charge on any atom is 0.143 e. The normalized spacial score (nSPS) is 13.4. The molecule has 0 saturated heterocycles. The second-order valence-corrected chi connectivity index (χ2v) is 18.9. The lowest BCUT2D eigenvalue weighted by Crippen LogP contribution is -2.26. The van der Waals surface area contributed by atoms with Crippen molar-refractivity contribution in [3.63, 3.8) is 0 Å². The molecule has 0 unspecified atom stereocenters. The van der Waals surface area contributed by atoms with E-state index in [0.29, 0.717) is 0 Å². The van der Waals surface area contributed by atoms with Gasteiger partial charge in [0.05, 0.1) is 5.41 Å². The van der Waals surface area contributed by atoms with E-state index in [2.05, 4.69) is 231 Å². The molecule has 312 valence electrons. The van der Waals surface area contributed by atoms with Crippen molar-refractivity contribution in [3.05, 3.63) is 253 Å². The summed E-state index contributed by atoms with van der Waals surface area (Å²) in [6, 6.07) is 86.4. The average Bonchev–Trinajstić information content (AvgIpc) is 4.04. The fourth-order valence-corrected chi connectivity index (χ4v) is 13.2. The Labute approximate surface area is 391 Å². The molecule has 14 aromatic rings. The minimum atomic E-state index is -0.516. The van der Waals surface area contributed by atoms with Gasteiger partial charge in [0.25, 0.3) is 0 Å². The quantitative estimate of drug-likeness (QED) is 0.125. The van der Waals surface area contributed by atoms with Gasteiger partial charge in [0.2, 0.25) is 0 Å². The molecule has 0 aliphatic heterocycles. The summed E-state index contributed by atoms with van der Waals surface area (Å²) in [4.78, 5) is 0. The zero-order valence-corrected chi connectivity index (χ0v) is 36.8. The third-order valence-electron chi connectivity index (χ3n) is 15.8. The lowest BCUT2D eigenvalue weighted by Gasteiger charge is -2.32. The molecule has 0 N–H and O–H groups in total. The first kappa shape index (κ1) is 36.4. The van der Waals surface area contributed by atoms with Crippen LogP contribution in [0.2, 0.25) is 0 Å². The van der Waals surface area contributed by atoms with Crippen LogP contribution in [0, 0.1) is 0 Å². The van der Waals surface area contributed by atoms with Crippen LogP contribution >= 0.6 is 0 Å². The topological polar surface area (TPSA) is 13.1 Å². The number of hydrogen-bond donors (Lipinski definition) is 0. The first-order chi connectivity index (χ1) is 33.8. The third-order valence-corrected chi connectivity index (χ3v) is 15.8. The lowest BCUT2D eigenvalue weighted by atomic mass is 9.68. The highest BCUT2D eigenvalue weighted by atomic mass is 16.3. The van der Waals surface area contributed by atoms with E-state index in [9.17, 15) is 0 Å². The van der Waals surface area contributed by atoms with E-state index in [1.54, 1.807) is 0 Å². The molecule has 16 rings (SSSR count). The minimum Gasteiger partial charge on any atom is -0.455 e. The molecule has 13 aromatic carbocycles. The van der Waals surface area contributed by atoms with Crippen LogP contribution in [0.3, 0.4) is 0 Å². The number of hydrogen-bond acceptors (Lipinski definition) is 1. The van der Waals surface area contributed by atoms with Crippen LogP contribution in [-0.4, -0.2) is 0 Å². The second kappa shape index (κ2) is 13.2. The second-order valence-electron chi connectivity index (χ2n) is 18.9. The summed E-state index contributed by atoms with van der Waals surface area (Å²) in [6.07, 6.45) is 0. The van der Waals surface area contributed by atoms with Crippen molar-refractivity contribution in [1.29, 1.82) is 0 Å². The molecule has 1 heterocycles. The molecule has 1 aromatic heterocycles. The Kier molecular flexibility index (Phi) is 7.07. The van der Waals surface area contributed by atoms with Gasteiger partial charge in [-0.3, -0.25) is 0 Å². The zero-order valence-electron chi connectivity index (χ0n) is 36.8. The van der Waals surface area contributed by atoms with Crippen LogP contribution < -0.4 is 0 Å². The Morgan fingerprint density at radius 2 is 0.750 bits per heavy atom. The molecule has 0 amide bonds. The van der Waals surface area contributed by atoms with E-state index in [1.165, 1.54) is 126 Å². The highest BCUT2D eigenvalue weighted by molar-refractivity contribution is 6.25. The van der Waals surface area contributed by atoms with Crippen molar-refractivity contribution in [3.8, 4) is 44.5 Å². The van der Waals surface area contributed by atoms with Gasteiger partial charge in [-0.15, -0.1) is 0 Å². The number of rotatable bonds is 2. The predicted octanol–water partition coefficient (Wildman–Crippen LogP) is 18.2. The maximum absolute atomic E-state index is 6.59. The third kappa shape index (κ3) is 4.51. The van der Waals surface area contributed by atoms with Gasteiger partial charge in [0.1, 0.15) is 11.2 Å². The molecule has 0 bridgehead atoms. The summed E-state index contributed by atoms with van der Waals surface area (Å²) in [5, 5.41) is 17.3. The Morgan fingerprint density at radius 3 is 1.41 bits per heavy atom. The Bertz CT molecular complexity index is 4460. The smallest absolute Gasteiger partial charge is 0.143 e. The molecule has 68 heavy (non-hydrogen) atoms. The fourth-order valence-electron chi connectivity index (χ4n) is 13.2. The Balaban J connectivity index is 0.966. The molecule has 0 saturated carbocycles. The van der Waals surface area contributed by atoms with Crippen molar-refractivity contribution in [2.75, 3.05) is 0 Å². The van der Waals surface area contributed by atoms with Crippen molar-refractivity contribution in [2.45, 2.75) is 5.41 Å². The highest BCUT2D eigenvalue weighted by Gasteiger charge is 2.53. The average molecular weight is 859 g/mol. The van der Waals surface area contributed by atoms with E-state index < -0.39 is 5.41 Å². The van der Waals surface area contributed by atoms with Gasteiger partial charge in [-0.25, -0.2) is 0 Å². The molecule has 2 aliphatic rings. The predicted molar refractivity (Wildman–Crippen MR) is 286 cm³/mol. The standard InChI is InChI=1S/C67H38O/c1-2-16-44-39(15-1)29-34-55-57-38-42(32-36-60(57)68-66(44)55)62-52-24-8-6-22-50(52)61(51-23-7-9-25-53(51)62)41-31-33-43-40(37-41)30-35-56-63-49-21-5-3-17-45(49)46-18-4-10-26-54(46)65(63)67(64(43)56)58-27-13-11-19-47(58)48-20-12-14-28-59(48)67/h1-38H. The van der Waals surface area contributed by atoms with Gasteiger partial charge in [0.15, 0.2) is 0 Å². The van der Waals surface area contributed by atoms with E-state index in [1.807, 2.05) is 0 Å². The van der Waals surface area contributed by atoms with Crippen molar-refractivity contribution < 1.29 is 4.42 Å². The molecule has 2 aliphatic carbocycles. The maximum atomic E-state index is 6.59. The minimum absolute atomic E-state index is 0.516. The fraction of sp³-hybridized carbons (Fsp3) is 0.0149. The largest absolute Gasteiger partial charge is 0.455 e. The summed E-state index contributed by atoms with van der Waals surface area (Å²) in [7, 11) is 0. The van der Waals surface area contributed by atoms with Crippen LogP contribution in [0.1, 0.15) is 22.3 Å². The monoisotopic (exact) mass is 858 g/mol. The van der Waals surface area contributed by atoms with Crippen LogP contribution in [0.25, 0.3) is 131 Å². The van der Waals surface area contributed by atoms with Gasteiger partial charge in [0, 0.05) is 16.2 Å². The van der Waals surface area contributed by atoms with Crippen molar-refractivity contribution in [1.82, 2.24) is 0 Å². The molecule has 0 atom stereocenters. The van der Waals surface area contributed by atoms with Crippen LogP contribution in [-0.2, 0) is 5.41 Å². The molecule has 0 radical (unpaired) electrons. The molecule has 0 fully saturated rings. The molecular formula is C67H38O. The Morgan fingerprint density at radius 1 is 0.265 bits per heavy atom. The van der Waals surface area contributed by atoms with Crippen LogP contribution in [0.15, 0.2) is 235 Å². The van der Waals surface area contributed by atoms with Crippen molar-refractivity contribution in [2.24, 2.45) is 0 Å². The number of fused-ring (bicyclic) bond motifs is 24. The first-order valence-electron chi connectivity index (χ1n) is 23.7. The molecule has 1 spiro atoms. The van der Waals surface area contributed by atoms with Gasteiger partial charge >= 0.3 is 0 Å². The SMILES string of the molecule is c1ccc2c(c1)-c1ccccc1C21c2c(ccc3cc(-c4c5ccccc5c(-c5ccc6oc7c8ccccc8ccc7c6c5)c5ccccc45)ccc23)-c2c1c1ccccc1c1ccccc21. The van der Waals surface area contributed by atoms with Crippen LogP contribution in [0.4, 0.5) is 0 Å². The van der Waals surface area contributed by atoms with E-state index in [0.717, 1.165) is 27.3 Å². The van der Waals surface area contributed by atoms with E-state index >= 15 is 0 Å². The summed E-state index contributed by atoms with van der Waals surface area (Å²) in [5.41, 5.74) is 17.1. The summed E-state index contributed by atoms with van der Waals surface area (Å²) in [5.74, 6) is 0. The van der Waals surface area contributed by atoms with Gasteiger partial charge in [-0.1, -0.05) is 206 Å². The van der Waals surface area contributed by atoms with Crippen molar-refractivity contribution >= 4 is 86.6 Å². The molecule has 1 nitrogen and oxygen atoms in total. The molecule has 1 heteroatoms. The number of furan rings is 1.